The predicted molar refractivity (Wildman–Crippen MR) is 106 cm³/mol. The fourth-order valence-corrected chi connectivity index (χ4v) is 2.54. The molecule has 0 fully saturated rings. The summed E-state index contributed by atoms with van der Waals surface area (Å²) in [7, 11) is 0. The Kier molecular flexibility index (Phi) is 5.69. The van der Waals surface area contributed by atoms with Crippen molar-refractivity contribution in [3.05, 3.63) is 119 Å². The summed E-state index contributed by atoms with van der Waals surface area (Å²) < 4.78 is 0. The summed E-state index contributed by atoms with van der Waals surface area (Å²) in [5, 5.41) is 0. The number of hydrogen-bond donors (Lipinski definition) is 0. The molecule has 126 valence electrons. The van der Waals surface area contributed by atoms with Gasteiger partial charge in [-0.15, -0.1) is 0 Å². The van der Waals surface area contributed by atoms with Gasteiger partial charge in [-0.25, -0.2) is 0 Å². The van der Waals surface area contributed by atoms with E-state index < -0.39 is 0 Å². The second-order valence-electron chi connectivity index (χ2n) is 5.77. The van der Waals surface area contributed by atoms with Crippen molar-refractivity contribution >= 4 is 23.7 Å². The number of carbonyl (C=O) groups is 2. The molecule has 0 aromatic heterocycles. The van der Waals surface area contributed by atoms with Gasteiger partial charge in [0, 0.05) is 5.56 Å². The van der Waals surface area contributed by atoms with Crippen molar-refractivity contribution in [2.45, 2.75) is 0 Å². The van der Waals surface area contributed by atoms with Crippen molar-refractivity contribution in [3.8, 4) is 0 Å². The Morgan fingerprint density at radius 3 is 1.69 bits per heavy atom. The van der Waals surface area contributed by atoms with Gasteiger partial charge in [-0.1, -0.05) is 97.1 Å². The molecule has 0 radical (unpaired) electrons. The fourth-order valence-electron chi connectivity index (χ4n) is 2.54. The average Bonchev–Trinajstić information content (AvgIpc) is 2.72. The molecule has 0 heterocycles. The zero-order chi connectivity index (χ0) is 18.2. The summed E-state index contributed by atoms with van der Waals surface area (Å²) in [5.74, 6) is -0.594. The summed E-state index contributed by atoms with van der Waals surface area (Å²) in [5.41, 5.74) is 2.37. The van der Waals surface area contributed by atoms with Crippen molar-refractivity contribution in [2.75, 3.05) is 0 Å². The van der Waals surface area contributed by atoms with Crippen molar-refractivity contribution in [2.24, 2.45) is 0 Å². The van der Waals surface area contributed by atoms with Crippen LogP contribution in [0.1, 0.15) is 21.5 Å². The lowest BCUT2D eigenvalue weighted by Crippen LogP contribution is -2.11. The monoisotopic (exact) mass is 338 g/mol. The van der Waals surface area contributed by atoms with Crippen molar-refractivity contribution in [1.82, 2.24) is 0 Å². The van der Waals surface area contributed by atoms with Crippen molar-refractivity contribution < 1.29 is 9.59 Å². The van der Waals surface area contributed by atoms with Gasteiger partial charge in [0.2, 0.25) is 0 Å². The zero-order valence-electron chi connectivity index (χ0n) is 14.2. The van der Waals surface area contributed by atoms with E-state index in [1.807, 2.05) is 66.7 Å². The molecular formula is C24H18O2. The quantitative estimate of drug-likeness (QED) is 0.267. The normalized spacial score (nSPS) is 11.5. The third kappa shape index (κ3) is 4.52. The highest BCUT2D eigenvalue weighted by atomic mass is 16.1. The number of allylic oxidation sites excluding steroid dienone is 2. The maximum Gasteiger partial charge on any atom is 0.196 e. The Balaban J connectivity index is 1.95. The highest BCUT2D eigenvalue weighted by Gasteiger charge is 2.17. The molecule has 26 heavy (non-hydrogen) atoms. The zero-order valence-corrected chi connectivity index (χ0v) is 14.2. The molecule has 0 aliphatic heterocycles. The van der Waals surface area contributed by atoms with Crippen LogP contribution in [-0.4, -0.2) is 11.6 Å². The van der Waals surface area contributed by atoms with Gasteiger partial charge in [-0.05, 0) is 23.3 Å². The van der Waals surface area contributed by atoms with Gasteiger partial charge in [0.25, 0.3) is 0 Å². The molecule has 0 amide bonds. The van der Waals surface area contributed by atoms with Crippen LogP contribution in [0.5, 0.6) is 0 Å². The number of rotatable bonds is 6. The predicted octanol–water partition coefficient (Wildman–Crippen LogP) is 5.24. The lowest BCUT2D eigenvalue weighted by molar-refractivity contribution is -0.110. The van der Waals surface area contributed by atoms with E-state index in [4.69, 9.17) is 0 Å². The molecule has 0 aliphatic rings. The van der Waals surface area contributed by atoms with Crippen molar-refractivity contribution in [3.63, 3.8) is 0 Å². The van der Waals surface area contributed by atoms with Crippen LogP contribution < -0.4 is 0 Å². The lowest BCUT2D eigenvalue weighted by Gasteiger charge is -2.04. The van der Waals surface area contributed by atoms with Gasteiger partial charge >= 0.3 is 0 Å². The summed E-state index contributed by atoms with van der Waals surface area (Å²) in [6, 6.07) is 27.8. The molecule has 3 aromatic carbocycles. The minimum absolute atomic E-state index is 0.148. The van der Waals surface area contributed by atoms with E-state index in [0.29, 0.717) is 5.56 Å². The van der Waals surface area contributed by atoms with Gasteiger partial charge in [0.05, 0.1) is 5.57 Å². The first-order chi connectivity index (χ1) is 12.7. The van der Waals surface area contributed by atoms with E-state index in [1.54, 1.807) is 36.4 Å². The molecule has 0 saturated heterocycles. The molecule has 0 N–H and O–H groups in total. The third-order valence-corrected chi connectivity index (χ3v) is 3.88. The number of Topliss-reactive ketones (excluding diaryl/α,β-unsaturated/α-hetero) is 1. The topological polar surface area (TPSA) is 34.1 Å². The number of benzene rings is 3. The van der Waals surface area contributed by atoms with Crippen LogP contribution in [-0.2, 0) is 4.79 Å². The lowest BCUT2D eigenvalue weighted by atomic mass is 9.97. The average molecular weight is 338 g/mol. The Hall–Kier alpha value is -3.52. The SMILES string of the molecule is O=C(C=Cc1ccccc1)C(=Cc1ccccc1)C(=O)c1ccccc1. The number of carbonyl (C=O) groups excluding carboxylic acids is 2. The van der Waals surface area contributed by atoms with Gasteiger partial charge < -0.3 is 0 Å². The van der Waals surface area contributed by atoms with E-state index in [1.165, 1.54) is 6.08 Å². The summed E-state index contributed by atoms with van der Waals surface area (Å²) in [4.78, 5) is 25.6. The minimum atomic E-state index is -0.313. The first-order valence-electron chi connectivity index (χ1n) is 8.38. The highest BCUT2D eigenvalue weighted by Crippen LogP contribution is 2.15. The number of ketones is 2. The van der Waals surface area contributed by atoms with Gasteiger partial charge in [-0.3, -0.25) is 9.59 Å². The van der Waals surface area contributed by atoms with E-state index in [-0.39, 0.29) is 17.1 Å². The third-order valence-electron chi connectivity index (χ3n) is 3.88. The first kappa shape index (κ1) is 17.3. The maximum absolute atomic E-state index is 12.9. The van der Waals surface area contributed by atoms with Gasteiger partial charge in [0.15, 0.2) is 11.6 Å². The summed E-state index contributed by atoms with van der Waals surface area (Å²) in [6.45, 7) is 0. The molecule has 0 atom stereocenters. The second-order valence-corrected chi connectivity index (χ2v) is 5.77. The Morgan fingerprint density at radius 1 is 0.615 bits per heavy atom. The highest BCUT2D eigenvalue weighted by molar-refractivity contribution is 6.32. The molecule has 0 bridgehead atoms. The standard InChI is InChI=1S/C24H18O2/c25-23(17-16-19-10-4-1-5-11-19)22(18-20-12-6-2-7-13-20)24(26)21-14-8-3-9-15-21/h1-18H. The molecule has 3 rings (SSSR count). The molecule has 0 spiro atoms. The molecule has 3 aromatic rings. The van der Waals surface area contributed by atoms with Gasteiger partial charge in [0.1, 0.15) is 0 Å². The first-order valence-corrected chi connectivity index (χ1v) is 8.38. The molecule has 2 heteroatoms. The molecule has 0 aliphatic carbocycles. The second kappa shape index (κ2) is 8.54. The smallest absolute Gasteiger partial charge is 0.196 e. The molecule has 0 saturated carbocycles. The largest absolute Gasteiger partial charge is 0.289 e. The molecule has 0 unspecified atom stereocenters. The van der Waals surface area contributed by atoms with E-state index in [0.717, 1.165) is 11.1 Å². The van der Waals surface area contributed by atoms with Crippen LogP contribution in [0.15, 0.2) is 103 Å². The minimum Gasteiger partial charge on any atom is -0.289 e. The summed E-state index contributed by atoms with van der Waals surface area (Å²) >= 11 is 0. The van der Waals surface area contributed by atoms with Crippen LogP contribution in [0, 0.1) is 0 Å². The Labute approximate surface area is 153 Å². The van der Waals surface area contributed by atoms with Crippen LogP contribution in [0.3, 0.4) is 0 Å². The fraction of sp³-hybridized carbons (Fsp3) is 0. The Bertz CT molecular complexity index is 937. The van der Waals surface area contributed by atoms with Crippen LogP contribution in [0.25, 0.3) is 12.2 Å². The van der Waals surface area contributed by atoms with Crippen LogP contribution >= 0.6 is 0 Å². The maximum atomic E-state index is 12.9. The van der Waals surface area contributed by atoms with Crippen LogP contribution in [0.2, 0.25) is 0 Å². The van der Waals surface area contributed by atoms with E-state index in [2.05, 4.69) is 0 Å². The number of hydrogen-bond acceptors (Lipinski definition) is 2. The molecule has 2 nitrogen and oxygen atoms in total. The van der Waals surface area contributed by atoms with E-state index in [9.17, 15) is 9.59 Å². The van der Waals surface area contributed by atoms with Crippen LogP contribution in [0.4, 0.5) is 0 Å². The summed E-state index contributed by atoms with van der Waals surface area (Å²) in [6.07, 6.45) is 4.82. The van der Waals surface area contributed by atoms with Crippen molar-refractivity contribution in [1.29, 1.82) is 0 Å². The van der Waals surface area contributed by atoms with E-state index >= 15 is 0 Å². The Morgan fingerprint density at radius 2 is 1.12 bits per heavy atom. The molecular weight excluding hydrogens is 320 g/mol. The van der Waals surface area contributed by atoms with Gasteiger partial charge in [-0.2, -0.15) is 0 Å².